The van der Waals surface area contributed by atoms with Crippen molar-refractivity contribution in [2.45, 2.75) is 51.7 Å². The summed E-state index contributed by atoms with van der Waals surface area (Å²) in [5, 5.41) is 4.27. The van der Waals surface area contributed by atoms with E-state index >= 15 is 0 Å². The Hall–Kier alpha value is -2.82. The second-order valence-corrected chi connectivity index (χ2v) is 9.35. The highest BCUT2D eigenvalue weighted by molar-refractivity contribution is 6.30. The molecule has 1 N–H and O–H groups in total. The number of hydrogen-bond donors (Lipinski definition) is 1. The van der Waals surface area contributed by atoms with Crippen molar-refractivity contribution in [3.8, 4) is 0 Å². The van der Waals surface area contributed by atoms with E-state index in [1.165, 1.54) is 0 Å². The first-order valence-electron chi connectivity index (χ1n) is 11.5. The SMILES string of the molecule is CC[C@H](C)NC(=O)[C@H](Cc1ccccc1)N(Cc1ccc(Cl)cc1)C(=O)Cc1cccc(Cl)c1. The molecule has 34 heavy (non-hydrogen) atoms. The molecule has 3 rings (SSSR count). The van der Waals surface area contributed by atoms with E-state index in [4.69, 9.17) is 23.2 Å². The smallest absolute Gasteiger partial charge is 0.243 e. The Bertz CT molecular complexity index is 1090. The van der Waals surface area contributed by atoms with Crippen molar-refractivity contribution in [3.05, 3.63) is 106 Å². The lowest BCUT2D eigenvalue weighted by molar-refractivity contribution is -0.141. The first kappa shape index (κ1) is 25.8. The van der Waals surface area contributed by atoms with E-state index in [0.29, 0.717) is 23.0 Å². The van der Waals surface area contributed by atoms with Gasteiger partial charge >= 0.3 is 0 Å². The number of amides is 2. The summed E-state index contributed by atoms with van der Waals surface area (Å²) in [6.45, 7) is 4.28. The van der Waals surface area contributed by atoms with Gasteiger partial charge in [-0.1, -0.05) is 84.7 Å². The summed E-state index contributed by atoms with van der Waals surface area (Å²) in [6, 6.07) is 23.7. The molecule has 2 atom stereocenters. The van der Waals surface area contributed by atoms with Gasteiger partial charge in [0.05, 0.1) is 6.42 Å². The van der Waals surface area contributed by atoms with Crippen LogP contribution in [0.15, 0.2) is 78.9 Å². The molecule has 0 unspecified atom stereocenters. The average Bonchev–Trinajstić information content (AvgIpc) is 2.83. The molecule has 178 valence electrons. The summed E-state index contributed by atoms with van der Waals surface area (Å²) >= 11 is 12.2. The second-order valence-electron chi connectivity index (χ2n) is 8.48. The molecule has 2 amide bonds. The minimum absolute atomic E-state index is 0.00573. The fourth-order valence-corrected chi connectivity index (χ4v) is 4.04. The van der Waals surface area contributed by atoms with Crippen molar-refractivity contribution in [1.29, 1.82) is 0 Å². The maximum absolute atomic E-state index is 13.7. The van der Waals surface area contributed by atoms with Crippen LogP contribution in [0.1, 0.15) is 37.0 Å². The van der Waals surface area contributed by atoms with E-state index in [1.54, 1.807) is 29.2 Å². The number of carbonyl (C=O) groups is 2. The van der Waals surface area contributed by atoms with Gasteiger partial charge in [-0.25, -0.2) is 0 Å². The van der Waals surface area contributed by atoms with Crippen LogP contribution in [0.2, 0.25) is 10.0 Å². The molecular formula is C28H30Cl2N2O2. The van der Waals surface area contributed by atoms with Gasteiger partial charge in [-0.15, -0.1) is 0 Å². The minimum atomic E-state index is -0.668. The van der Waals surface area contributed by atoms with E-state index in [-0.39, 0.29) is 24.3 Å². The van der Waals surface area contributed by atoms with Crippen molar-refractivity contribution in [2.24, 2.45) is 0 Å². The summed E-state index contributed by atoms with van der Waals surface area (Å²) in [5.41, 5.74) is 2.70. The zero-order valence-electron chi connectivity index (χ0n) is 19.5. The van der Waals surface area contributed by atoms with Gasteiger partial charge in [0.2, 0.25) is 11.8 Å². The topological polar surface area (TPSA) is 49.4 Å². The van der Waals surface area contributed by atoms with Crippen LogP contribution in [0.3, 0.4) is 0 Å². The van der Waals surface area contributed by atoms with Gasteiger partial charge in [-0.3, -0.25) is 9.59 Å². The summed E-state index contributed by atoms with van der Waals surface area (Å²) < 4.78 is 0. The molecule has 0 fully saturated rings. The molecule has 0 saturated carbocycles. The zero-order valence-corrected chi connectivity index (χ0v) is 21.0. The Morgan fingerprint density at radius 1 is 0.853 bits per heavy atom. The Morgan fingerprint density at radius 3 is 2.18 bits per heavy atom. The van der Waals surface area contributed by atoms with Crippen LogP contribution < -0.4 is 5.32 Å². The third-order valence-corrected chi connectivity index (χ3v) is 6.27. The van der Waals surface area contributed by atoms with Crippen molar-refractivity contribution in [3.63, 3.8) is 0 Å². The molecule has 0 bridgehead atoms. The van der Waals surface area contributed by atoms with Crippen molar-refractivity contribution in [2.75, 3.05) is 0 Å². The van der Waals surface area contributed by atoms with Crippen LogP contribution in [0.4, 0.5) is 0 Å². The van der Waals surface area contributed by atoms with E-state index in [1.807, 2.05) is 68.4 Å². The van der Waals surface area contributed by atoms with Gasteiger partial charge in [0.25, 0.3) is 0 Å². The molecule has 0 radical (unpaired) electrons. The second kappa shape index (κ2) is 12.6. The normalized spacial score (nSPS) is 12.6. The molecule has 0 aromatic heterocycles. The number of benzene rings is 3. The van der Waals surface area contributed by atoms with E-state index < -0.39 is 6.04 Å². The molecule has 0 heterocycles. The van der Waals surface area contributed by atoms with Gasteiger partial charge in [0.15, 0.2) is 0 Å². The maximum Gasteiger partial charge on any atom is 0.243 e. The molecular weight excluding hydrogens is 467 g/mol. The summed E-state index contributed by atoms with van der Waals surface area (Å²) in [4.78, 5) is 28.8. The highest BCUT2D eigenvalue weighted by atomic mass is 35.5. The number of halogens is 2. The van der Waals surface area contributed by atoms with Crippen molar-refractivity contribution < 1.29 is 9.59 Å². The zero-order chi connectivity index (χ0) is 24.5. The number of rotatable bonds is 10. The molecule has 0 aliphatic heterocycles. The molecule has 0 spiro atoms. The lowest BCUT2D eigenvalue weighted by atomic mass is 10.0. The molecule has 0 saturated heterocycles. The van der Waals surface area contributed by atoms with Gasteiger partial charge in [-0.05, 0) is 54.3 Å². The predicted octanol–water partition coefficient (Wildman–Crippen LogP) is 6.09. The Labute approximate surface area is 211 Å². The summed E-state index contributed by atoms with van der Waals surface area (Å²) in [7, 11) is 0. The maximum atomic E-state index is 13.7. The summed E-state index contributed by atoms with van der Waals surface area (Å²) in [6.07, 6.45) is 1.37. The lowest BCUT2D eigenvalue weighted by Gasteiger charge is -2.32. The van der Waals surface area contributed by atoms with Gasteiger partial charge < -0.3 is 10.2 Å². The van der Waals surface area contributed by atoms with Crippen LogP contribution in [-0.4, -0.2) is 28.8 Å². The van der Waals surface area contributed by atoms with Crippen LogP contribution in [0.25, 0.3) is 0 Å². The van der Waals surface area contributed by atoms with Gasteiger partial charge in [0, 0.05) is 29.1 Å². The average molecular weight is 497 g/mol. The van der Waals surface area contributed by atoms with Crippen LogP contribution in [0.5, 0.6) is 0 Å². The number of nitrogens with one attached hydrogen (secondary N) is 1. The lowest BCUT2D eigenvalue weighted by Crippen LogP contribution is -2.52. The standard InChI is InChI=1S/C28H30Cl2N2O2/c1-3-20(2)31-28(34)26(17-21-8-5-4-6-9-21)32(19-22-12-14-24(29)15-13-22)27(33)18-23-10-7-11-25(30)16-23/h4-16,20,26H,3,17-19H2,1-2H3,(H,31,34)/t20-,26-/m0/s1. The fraction of sp³-hybridized carbons (Fsp3) is 0.286. The Kier molecular flexibility index (Phi) is 9.55. The molecule has 0 aliphatic rings. The Balaban J connectivity index is 1.96. The minimum Gasteiger partial charge on any atom is -0.352 e. The molecule has 3 aromatic rings. The van der Waals surface area contributed by atoms with Crippen LogP contribution in [0, 0.1) is 0 Å². The van der Waals surface area contributed by atoms with Gasteiger partial charge in [0.1, 0.15) is 6.04 Å². The first-order valence-corrected chi connectivity index (χ1v) is 12.2. The Morgan fingerprint density at radius 2 is 1.53 bits per heavy atom. The van der Waals surface area contributed by atoms with Crippen molar-refractivity contribution >= 4 is 35.0 Å². The first-order chi connectivity index (χ1) is 16.4. The summed E-state index contributed by atoms with van der Waals surface area (Å²) in [5.74, 6) is -0.302. The third-order valence-electron chi connectivity index (χ3n) is 5.78. The van der Waals surface area contributed by atoms with E-state index in [0.717, 1.165) is 23.1 Å². The van der Waals surface area contributed by atoms with Crippen LogP contribution in [-0.2, 0) is 29.0 Å². The molecule has 6 heteroatoms. The van der Waals surface area contributed by atoms with E-state index in [9.17, 15) is 9.59 Å². The van der Waals surface area contributed by atoms with Gasteiger partial charge in [-0.2, -0.15) is 0 Å². The fourth-order valence-electron chi connectivity index (χ4n) is 3.70. The number of carbonyl (C=O) groups excluding carboxylic acids is 2. The third kappa shape index (κ3) is 7.61. The quantitative estimate of drug-likeness (QED) is 0.369. The number of nitrogens with zero attached hydrogens (tertiary/aromatic N) is 1. The molecule has 4 nitrogen and oxygen atoms in total. The number of hydrogen-bond acceptors (Lipinski definition) is 2. The highest BCUT2D eigenvalue weighted by Crippen LogP contribution is 2.19. The molecule has 3 aromatic carbocycles. The largest absolute Gasteiger partial charge is 0.352 e. The predicted molar refractivity (Wildman–Crippen MR) is 139 cm³/mol. The van der Waals surface area contributed by atoms with Crippen molar-refractivity contribution in [1.82, 2.24) is 10.2 Å². The molecule has 0 aliphatic carbocycles. The van der Waals surface area contributed by atoms with Crippen LogP contribution >= 0.6 is 23.2 Å². The van der Waals surface area contributed by atoms with E-state index in [2.05, 4.69) is 5.32 Å². The monoisotopic (exact) mass is 496 g/mol. The highest BCUT2D eigenvalue weighted by Gasteiger charge is 2.31.